The maximum atomic E-state index is 13.7. The number of halogens is 1. The van der Waals surface area contributed by atoms with Crippen LogP contribution in [-0.4, -0.2) is 42.6 Å². The van der Waals surface area contributed by atoms with Gasteiger partial charge in [-0.05, 0) is 54.8 Å². The molecule has 1 atom stereocenters. The van der Waals surface area contributed by atoms with E-state index in [0.717, 1.165) is 5.56 Å². The second-order valence-corrected chi connectivity index (χ2v) is 7.46. The van der Waals surface area contributed by atoms with Crippen molar-refractivity contribution in [3.05, 3.63) is 58.6 Å². The molecule has 4 rings (SSSR count). The van der Waals surface area contributed by atoms with Crippen LogP contribution in [0, 0.1) is 12.7 Å². The molecule has 162 valence electrons. The van der Waals surface area contributed by atoms with E-state index in [4.69, 9.17) is 13.9 Å². The fraction of sp³-hybridized carbons (Fsp3) is 0.304. The molecule has 0 saturated carbocycles. The average Bonchev–Trinajstić information content (AvgIpc) is 3.08. The largest absolute Gasteiger partial charge is 0.493 e. The number of hydrogen-bond acceptors (Lipinski definition) is 5. The predicted molar refractivity (Wildman–Crippen MR) is 110 cm³/mol. The number of amides is 1. The van der Waals surface area contributed by atoms with Crippen molar-refractivity contribution in [3.63, 3.8) is 0 Å². The van der Waals surface area contributed by atoms with Crippen LogP contribution in [0.3, 0.4) is 0 Å². The highest BCUT2D eigenvalue weighted by molar-refractivity contribution is 5.99. The van der Waals surface area contributed by atoms with Crippen molar-refractivity contribution in [2.24, 2.45) is 0 Å². The Morgan fingerprint density at radius 1 is 1.19 bits per heavy atom. The van der Waals surface area contributed by atoms with Gasteiger partial charge in [-0.15, -0.1) is 0 Å². The molecule has 7 nitrogen and oxygen atoms in total. The number of carboxylic acids is 1. The molecule has 0 bridgehead atoms. The van der Waals surface area contributed by atoms with E-state index in [1.807, 2.05) is 6.07 Å². The van der Waals surface area contributed by atoms with Crippen LogP contribution in [0.4, 0.5) is 4.39 Å². The highest BCUT2D eigenvalue weighted by Gasteiger charge is 2.36. The normalized spacial score (nSPS) is 15.6. The van der Waals surface area contributed by atoms with Crippen LogP contribution >= 0.6 is 0 Å². The van der Waals surface area contributed by atoms with Gasteiger partial charge in [0.15, 0.2) is 17.3 Å². The molecule has 1 amide bonds. The van der Waals surface area contributed by atoms with Gasteiger partial charge in [-0.2, -0.15) is 0 Å². The number of carboxylic acid groups (broad SMARTS) is 1. The lowest BCUT2D eigenvalue weighted by Gasteiger charge is -2.36. The fourth-order valence-electron chi connectivity index (χ4n) is 4.18. The first-order chi connectivity index (χ1) is 14.8. The van der Waals surface area contributed by atoms with Crippen LogP contribution in [0.25, 0.3) is 11.0 Å². The first-order valence-electron chi connectivity index (χ1n) is 9.80. The summed E-state index contributed by atoms with van der Waals surface area (Å²) < 4.78 is 30.1. The number of aryl methyl sites for hydroxylation is 1. The smallest absolute Gasteiger partial charge is 0.305 e. The third kappa shape index (κ3) is 3.58. The van der Waals surface area contributed by atoms with Gasteiger partial charge >= 0.3 is 5.97 Å². The lowest BCUT2D eigenvalue weighted by atomic mass is 9.89. The SMILES string of the molecule is COc1cc2c(cc1OC)C(CC(=O)O)N(C(=O)c1oc3ccc(F)cc3c1C)CC2. The minimum absolute atomic E-state index is 0.0833. The zero-order valence-electron chi connectivity index (χ0n) is 17.4. The molecule has 1 aromatic heterocycles. The number of aliphatic carboxylic acids is 1. The number of carbonyl (C=O) groups is 2. The molecule has 1 N–H and O–H groups in total. The van der Waals surface area contributed by atoms with Gasteiger partial charge in [0.2, 0.25) is 0 Å². The third-order valence-corrected chi connectivity index (χ3v) is 5.72. The lowest BCUT2D eigenvalue weighted by Crippen LogP contribution is -2.41. The number of fused-ring (bicyclic) bond motifs is 2. The van der Waals surface area contributed by atoms with Crippen molar-refractivity contribution in [2.45, 2.75) is 25.8 Å². The summed E-state index contributed by atoms with van der Waals surface area (Å²) in [6.45, 7) is 2.00. The van der Waals surface area contributed by atoms with Crippen molar-refractivity contribution in [1.29, 1.82) is 0 Å². The van der Waals surface area contributed by atoms with Gasteiger partial charge in [0.25, 0.3) is 5.91 Å². The molecule has 3 aromatic rings. The van der Waals surface area contributed by atoms with Crippen molar-refractivity contribution in [3.8, 4) is 11.5 Å². The van der Waals surface area contributed by atoms with Gasteiger partial charge in [-0.3, -0.25) is 9.59 Å². The van der Waals surface area contributed by atoms with Gasteiger partial charge in [0.05, 0.1) is 26.7 Å². The zero-order valence-corrected chi connectivity index (χ0v) is 17.4. The van der Waals surface area contributed by atoms with E-state index < -0.39 is 23.7 Å². The first-order valence-corrected chi connectivity index (χ1v) is 9.80. The Balaban J connectivity index is 1.78. The van der Waals surface area contributed by atoms with E-state index in [1.165, 1.54) is 37.3 Å². The maximum Gasteiger partial charge on any atom is 0.305 e. The van der Waals surface area contributed by atoms with Crippen molar-refractivity contribution >= 4 is 22.8 Å². The lowest BCUT2D eigenvalue weighted by molar-refractivity contribution is -0.138. The van der Waals surface area contributed by atoms with Crippen LogP contribution in [0.5, 0.6) is 11.5 Å². The van der Waals surface area contributed by atoms with Crippen molar-refractivity contribution < 1.29 is 33.0 Å². The molecular formula is C23H22FNO6. The van der Waals surface area contributed by atoms with Crippen LogP contribution in [0.15, 0.2) is 34.7 Å². The van der Waals surface area contributed by atoms with Crippen molar-refractivity contribution in [1.82, 2.24) is 4.90 Å². The average molecular weight is 427 g/mol. The van der Waals surface area contributed by atoms with Crippen LogP contribution < -0.4 is 9.47 Å². The van der Waals surface area contributed by atoms with Crippen LogP contribution in [-0.2, 0) is 11.2 Å². The van der Waals surface area contributed by atoms with Gasteiger partial charge in [0.1, 0.15) is 11.4 Å². The molecule has 8 heteroatoms. The molecule has 0 aliphatic carbocycles. The van der Waals surface area contributed by atoms with Crippen molar-refractivity contribution in [2.75, 3.05) is 20.8 Å². The predicted octanol–water partition coefficient (Wildman–Crippen LogP) is 4.11. The molecule has 0 fully saturated rings. The number of nitrogens with zero attached hydrogens (tertiary/aromatic N) is 1. The standard InChI is InChI=1S/C23H22FNO6/c1-12-15-9-14(24)4-5-18(15)31-22(12)23(28)25-7-6-13-8-19(29-2)20(30-3)10-16(13)17(25)11-21(26)27/h4-5,8-10,17H,6-7,11H2,1-3H3,(H,26,27). The van der Waals surface area contributed by atoms with Gasteiger partial charge in [-0.25, -0.2) is 4.39 Å². The second kappa shape index (κ2) is 7.94. The summed E-state index contributed by atoms with van der Waals surface area (Å²) in [5.74, 6) is -0.798. The van der Waals surface area contributed by atoms with Gasteiger partial charge in [0, 0.05) is 17.5 Å². The molecule has 0 saturated heterocycles. The topological polar surface area (TPSA) is 89.2 Å². The first kappa shape index (κ1) is 20.7. The summed E-state index contributed by atoms with van der Waals surface area (Å²) >= 11 is 0. The molecule has 2 heterocycles. The second-order valence-electron chi connectivity index (χ2n) is 7.46. The number of benzene rings is 2. The molecule has 2 aromatic carbocycles. The Morgan fingerprint density at radius 2 is 1.90 bits per heavy atom. The summed E-state index contributed by atoms with van der Waals surface area (Å²) in [4.78, 5) is 26.6. The summed E-state index contributed by atoms with van der Waals surface area (Å²) in [6, 6.07) is 6.90. The number of rotatable bonds is 5. The van der Waals surface area contributed by atoms with E-state index in [2.05, 4.69) is 0 Å². The number of hydrogen-bond donors (Lipinski definition) is 1. The van der Waals surface area contributed by atoms with E-state index in [0.29, 0.717) is 46.6 Å². The Morgan fingerprint density at radius 3 is 2.58 bits per heavy atom. The fourth-order valence-corrected chi connectivity index (χ4v) is 4.18. The number of carbonyl (C=O) groups excluding carboxylic acids is 1. The molecule has 0 radical (unpaired) electrons. The quantitative estimate of drug-likeness (QED) is 0.659. The van der Waals surface area contributed by atoms with Crippen LogP contribution in [0.2, 0.25) is 0 Å². The highest BCUT2D eigenvalue weighted by Crippen LogP contribution is 2.40. The Hall–Kier alpha value is -3.55. The van der Waals surface area contributed by atoms with E-state index in [9.17, 15) is 19.1 Å². The number of methoxy groups -OCH3 is 2. The van der Waals surface area contributed by atoms with Crippen LogP contribution in [0.1, 0.15) is 39.7 Å². The Bertz CT molecular complexity index is 1180. The summed E-state index contributed by atoms with van der Waals surface area (Å²) in [5, 5.41) is 10.0. The molecule has 31 heavy (non-hydrogen) atoms. The minimum atomic E-state index is -1.03. The molecular weight excluding hydrogens is 405 g/mol. The Kier molecular flexibility index (Phi) is 5.31. The minimum Gasteiger partial charge on any atom is -0.493 e. The number of ether oxygens (including phenoxy) is 2. The maximum absolute atomic E-state index is 13.7. The zero-order chi connectivity index (χ0) is 22.3. The highest BCUT2D eigenvalue weighted by atomic mass is 19.1. The molecule has 1 aliphatic rings. The molecule has 1 unspecified atom stereocenters. The number of furan rings is 1. The summed E-state index contributed by atoms with van der Waals surface area (Å²) in [6.07, 6.45) is 0.244. The van der Waals surface area contributed by atoms with E-state index in [1.54, 1.807) is 13.0 Å². The third-order valence-electron chi connectivity index (χ3n) is 5.72. The molecule has 1 aliphatic heterocycles. The van der Waals surface area contributed by atoms with E-state index >= 15 is 0 Å². The van der Waals surface area contributed by atoms with Gasteiger partial charge < -0.3 is 23.9 Å². The monoisotopic (exact) mass is 427 g/mol. The summed E-state index contributed by atoms with van der Waals surface area (Å²) in [5.41, 5.74) is 2.52. The van der Waals surface area contributed by atoms with Gasteiger partial charge in [-0.1, -0.05) is 0 Å². The summed E-state index contributed by atoms with van der Waals surface area (Å²) in [7, 11) is 3.03. The van der Waals surface area contributed by atoms with E-state index in [-0.39, 0.29) is 12.2 Å². The Labute approximate surface area is 178 Å². The molecule has 0 spiro atoms.